The number of halogens is 1. The molecular weight excluding hydrogens is 246 g/mol. The molecule has 0 saturated carbocycles. The molecule has 0 aromatic heterocycles. The van der Waals surface area contributed by atoms with Gasteiger partial charge < -0.3 is 11.2 Å². The highest BCUT2D eigenvalue weighted by molar-refractivity contribution is 5.85. The van der Waals surface area contributed by atoms with Crippen LogP contribution < -0.4 is 5.73 Å². The first kappa shape index (κ1) is 22.4. The number of nitrogens with two attached hydrogens (primary N) is 1. The van der Waals surface area contributed by atoms with E-state index in [0.29, 0.717) is 0 Å². The Morgan fingerprint density at radius 3 is 1.89 bits per heavy atom. The summed E-state index contributed by atoms with van der Waals surface area (Å²) < 4.78 is 0. The third-order valence-electron chi connectivity index (χ3n) is 2.76. The van der Waals surface area contributed by atoms with Crippen LogP contribution in [0.5, 0.6) is 0 Å². The highest BCUT2D eigenvalue weighted by Gasteiger charge is 2.03. The average molecular weight is 274 g/mol. The number of aryl methyl sites for hydroxylation is 1. The van der Waals surface area contributed by atoms with Gasteiger partial charge in [-0.2, -0.15) is 0 Å². The molecule has 18 heavy (non-hydrogen) atoms. The molecule has 0 heterocycles. The first-order valence-electron chi connectivity index (χ1n) is 6.01. The van der Waals surface area contributed by atoms with Crippen molar-refractivity contribution < 1.29 is 5.48 Å². The topological polar surface area (TPSA) is 57.5 Å². The molecule has 0 atom stereocenters. The fourth-order valence-electron chi connectivity index (χ4n) is 1.69. The van der Waals surface area contributed by atoms with Gasteiger partial charge in [0.25, 0.3) is 0 Å². The van der Waals surface area contributed by atoms with Gasteiger partial charge in [-0.3, -0.25) is 0 Å². The van der Waals surface area contributed by atoms with Gasteiger partial charge in [0.1, 0.15) is 0 Å². The Balaban J connectivity index is -0.000000410. The van der Waals surface area contributed by atoms with Crippen molar-refractivity contribution in [2.24, 2.45) is 5.73 Å². The van der Waals surface area contributed by atoms with E-state index in [9.17, 15) is 0 Å². The summed E-state index contributed by atoms with van der Waals surface area (Å²) in [7, 11) is 0. The second-order valence-corrected chi connectivity index (χ2v) is 3.89. The van der Waals surface area contributed by atoms with Gasteiger partial charge in [-0.25, -0.2) is 0 Å². The van der Waals surface area contributed by atoms with Gasteiger partial charge in [0.05, 0.1) is 0 Å². The van der Waals surface area contributed by atoms with Crippen molar-refractivity contribution in [2.45, 2.75) is 40.5 Å². The zero-order valence-corrected chi connectivity index (χ0v) is 12.9. The summed E-state index contributed by atoms with van der Waals surface area (Å²) in [5, 5.41) is 0. The standard InChI is InChI=1S/C13H18.C2H7N.ClH.H2O/c1-5-7-13-9-8-12(6-2)10(3)11(13)4;1-2-3;;/h5,8-9H,1,6-7H2,2-4H3;2-3H2,1H3;1H;1H2. The number of allylic oxidation sites excluding steroid dienone is 1. The van der Waals surface area contributed by atoms with Crippen LogP contribution in [0.25, 0.3) is 0 Å². The van der Waals surface area contributed by atoms with Crippen LogP contribution in [0.1, 0.15) is 36.1 Å². The summed E-state index contributed by atoms with van der Waals surface area (Å²) in [4.78, 5) is 0. The van der Waals surface area contributed by atoms with Crippen LogP contribution in [0.4, 0.5) is 0 Å². The van der Waals surface area contributed by atoms with E-state index in [2.05, 4.69) is 39.5 Å². The van der Waals surface area contributed by atoms with Crippen molar-refractivity contribution in [2.75, 3.05) is 6.54 Å². The summed E-state index contributed by atoms with van der Waals surface area (Å²) in [6, 6.07) is 4.46. The van der Waals surface area contributed by atoms with E-state index in [0.717, 1.165) is 19.4 Å². The fourth-order valence-corrected chi connectivity index (χ4v) is 1.69. The van der Waals surface area contributed by atoms with E-state index in [1.165, 1.54) is 22.3 Å². The Kier molecular flexibility index (Phi) is 15.7. The van der Waals surface area contributed by atoms with E-state index >= 15 is 0 Å². The van der Waals surface area contributed by atoms with Crippen LogP contribution in [0.15, 0.2) is 24.8 Å². The normalized spacial score (nSPS) is 8.28. The molecule has 0 radical (unpaired) electrons. The maximum atomic E-state index is 4.85. The molecule has 0 aliphatic heterocycles. The van der Waals surface area contributed by atoms with E-state index in [-0.39, 0.29) is 17.9 Å². The number of hydrogen-bond acceptors (Lipinski definition) is 1. The maximum Gasteiger partial charge on any atom is -0.00974 e. The molecule has 0 aliphatic carbocycles. The van der Waals surface area contributed by atoms with Crippen molar-refractivity contribution in [3.8, 4) is 0 Å². The molecule has 1 rings (SSSR count). The minimum atomic E-state index is 0. The largest absolute Gasteiger partial charge is 0.412 e. The predicted octanol–water partition coefficient (Wildman–Crippen LogP) is 3.16. The lowest BCUT2D eigenvalue weighted by atomic mass is 9.95. The van der Waals surface area contributed by atoms with Crippen molar-refractivity contribution in [3.63, 3.8) is 0 Å². The zero-order valence-electron chi connectivity index (χ0n) is 12.0. The quantitative estimate of drug-likeness (QED) is 0.845. The van der Waals surface area contributed by atoms with Crippen molar-refractivity contribution >= 4 is 12.4 Å². The second-order valence-electron chi connectivity index (χ2n) is 3.89. The summed E-state index contributed by atoms with van der Waals surface area (Å²) in [6.07, 6.45) is 4.07. The molecule has 0 bridgehead atoms. The average Bonchev–Trinajstić information content (AvgIpc) is 2.27. The minimum Gasteiger partial charge on any atom is -0.412 e. The Hall–Kier alpha value is -0.830. The van der Waals surface area contributed by atoms with Gasteiger partial charge in [-0.05, 0) is 55.5 Å². The highest BCUT2D eigenvalue weighted by Crippen LogP contribution is 2.18. The van der Waals surface area contributed by atoms with Crippen molar-refractivity contribution in [1.82, 2.24) is 0 Å². The molecule has 0 unspecified atom stereocenters. The highest BCUT2D eigenvalue weighted by atomic mass is 35.5. The van der Waals surface area contributed by atoms with Gasteiger partial charge in [-0.15, -0.1) is 19.0 Å². The molecule has 0 fully saturated rings. The van der Waals surface area contributed by atoms with Crippen molar-refractivity contribution in [1.29, 1.82) is 0 Å². The predicted molar refractivity (Wildman–Crippen MR) is 84.8 cm³/mol. The first-order chi connectivity index (χ1) is 7.62. The molecule has 0 saturated heterocycles. The van der Waals surface area contributed by atoms with Crippen LogP contribution >= 0.6 is 12.4 Å². The molecule has 0 spiro atoms. The Morgan fingerprint density at radius 1 is 1.11 bits per heavy atom. The lowest BCUT2D eigenvalue weighted by Crippen LogP contribution is -1.95. The zero-order chi connectivity index (χ0) is 12.6. The van der Waals surface area contributed by atoms with Crippen molar-refractivity contribution in [3.05, 3.63) is 47.0 Å². The van der Waals surface area contributed by atoms with Crippen LogP contribution in [-0.2, 0) is 12.8 Å². The molecule has 1 aromatic carbocycles. The second kappa shape index (κ2) is 12.6. The summed E-state index contributed by atoms with van der Waals surface area (Å²) in [5.74, 6) is 0. The summed E-state index contributed by atoms with van der Waals surface area (Å²) in [6.45, 7) is 13.0. The lowest BCUT2D eigenvalue weighted by molar-refractivity contribution is 0.824. The fraction of sp³-hybridized carbons (Fsp3) is 0.467. The summed E-state index contributed by atoms with van der Waals surface area (Å²) in [5.41, 5.74) is 10.6. The van der Waals surface area contributed by atoms with Gasteiger partial charge in [0.15, 0.2) is 0 Å². The van der Waals surface area contributed by atoms with Crippen LogP contribution in [0, 0.1) is 13.8 Å². The molecule has 4 N–H and O–H groups in total. The molecule has 2 nitrogen and oxygen atoms in total. The maximum absolute atomic E-state index is 4.85. The van der Waals surface area contributed by atoms with Crippen LogP contribution in [0.2, 0.25) is 0 Å². The van der Waals surface area contributed by atoms with E-state index in [4.69, 9.17) is 5.73 Å². The molecule has 0 amide bonds. The monoisotopic (exact) mass is 273 g/mol. The number of benzene rings is 1. The molecule has 3 heteroatoms. The third kappa shape index (κ3) is 6.80. The number of rotatable bonds is 3. The number of hydrogen-bond donors (Lipinski definition) is 1. The molecular formula is C15H28ClNO. The van der Waals surface area contributed by atoms with Gasteiger partial charge in [0.2, 0.25) is 0 Å². The molecule has 0 aliphatic rings. The van der Waals surface area contributed by atoms with E-state index < -0.39 is 0 Å². The van der Waals surface area contributed by atoms with Gasteiger partial charge in [0, 0.05) is 0 Å². The Labute approximate surface area is 118 Å². The molecule has 1 aromatic rings. The van der Waals surface area contributed by atoms with Crippen LogP contribution in [-0.4, -0.2) is 12.0 Å². The Bertz CT molecular complexity index is 338. The van der Waals surface area contributed by atoms with Gasteiger partial charge >= 0.3 is 0 Å². The van der Waals surface area contributed by atoms with Gasteiger partial charge in [-0.1, -0.05) is 32.1 Å². The summed E-state index contributed by atoms with van der Waals surface area (Å²) >= 11 is 0. The van der Waals surface area contributed by atoms with E-state index in [1.54, 1.807) is 0 Å². The SMILES string of the molecule is C=CCc1ccc(CC)c(C)c1C.CCN.Cl.O. The third-order valence-corrected chi connectivity index (χ3v) is 2.76. The van der Waals surface area contributed by atoms with Crippen LogP contribution in [0.3, 0.4) is 0 Å². The lowest BCUT2D eigenvalue weighted by Gasteiger charge is -2.10. The van der Waals surface area contributed by atoms with E-state index in [1.807, 2.05) is 13.0 Å². The smallest absolute Gasteiger partial charge is 0.00974 e. The Morgan fingerprint density at radius 2 is 1.50 bits per heavy atom. The first-order valence-corrected chi connectivity index (χ1v) is 6.01. The molecule has 106 valence electrons. The minimum absolute atomic E-state index is 0.